The molecular formula is C20H29N5O2S. The van der Waals surface area contributed by atoms with Crippen LogP contribution in [0.1, 0.15) is 65.8 Å². The molecule has 8 heteroatoms. The van der Waals surface area contributed by atoms with E-state index in [2.05, 4.69) is 12.0 Å². The molecule has 2 aliphatic heterocycles. The van der Waals surface area contributed by atoms with Crippen LogP contribution in [0.5, 0.6) is 0 Å². The van der Waals surface area contributed by atoms with E-state index in [0.29, 0.717) is 34.4 Å². The molecule has 152 valence electrons. The summed E-state index contributed by atoms with van der Waals surface area (Å²) in [5.74, 6) is 0.885. The van der Waals surface area contributed by atoms with Crippen LogP contribution in [-0.4, -0.2) is 48.5 Å². The average Bonchev–Trinajstić information content (AvgIpc) is 3.26. The van der Waals surface area contributed by atoms with E-state index in [0.717, 1.165) is 25.8 Å². The Morgan fingerprint density at radius 1 is 1.29 bits per heavy atom. The summed E-state index contributed by atoms with van der Waals surface area (Å²) in [6.45, 7) is 9.12. The maximum absolute atomic E-state index is 13.2. The molecule has 0 saturated carbocycles. The van der Waals surface area contributed by atoms with Gasteiger partial charge in [0, 0.05) is 24.8 Å². The highest BCUT2D eigenvalue weighted by Gasteiger charge is 2.33. The minimum absolute atomic E-state index is 0.0796. The van der Waals surface area contributed by atoms with Crippen LogP contribution in [0.2, 0.25) is 0 Å². The third kappa shape index (κ3) is 3.25. The molecule has 28 heavy (non-hydrogen) atoms. The summed E-state index contributed by atoms with van der Waals surface area (Å²) >= 11 is 1.56. The van der Waals surface area contributed by atoms with E-state index in [-0.39, 0.29) is 23.0 Å². The summed E-state index contributed by atoms with van der Waals surface area (Å²) in [6.07, 6.45) is 6.35. The summed E-state index contributed by atoms with van der Waals surface area (Å²) in [6, 6.07) is 0.214. The predicted octanol–water partition coefficient (Wildman–Crippen LogP) is 3.18. The lowest BCUT2D eigenvalue weighted by Crippen LogP contribution is -2.44. The highest BCUT2D eigenvalue weighted by Crippen LogP contribution is 2.34. The molecule has 2 unspecified atom stereocenters. The second-order valence-corrected chi connectivity index (χ2v) is 9.84. The fraction of sp³-hybridized carbons (Fsp3) is 0.700. The number of fused-ring (bicyclic) bond motifs is 2. The van der Waals surface area contributed by atoms with Crippen molar-refractivity contribution in [2.45, 2.75) is 82.6 Å². The third-order valence-corrected chi connectivity index (χ3v) is 6.93. The van der Waals surface area contributed by atoms with Gasteiger partial charge in [-0.2, -0.15) is 5.10 Å². The zero-order chi connectivity index (χ0) is 20.1. The number of rotatable bonds is 3. The Labute approximate surface area is 169 Å². The van der Waals surface area contributed by atoms with E-state index in [4.69, 9.17) is 4.98 Å². The third-order valence-electron chi connectivity index (χ3n) is 5.84. The first-order chi connectivity index (χ1) is 13.3. The molecule has 0 aliphatic carbocycles. The monoisotopic (exact) mass is 403 g/mol. The lowest BCUT2D eigenvalue weighted by Gasteiger charge is -2.36. The van der Waals surface area contributed by atoms with Gasteiger partial charge in [-0.15, -0.1) is 0 Å². The highest BCUT2D eigenvalue weighted by atomic mass is 32.2. The Bertz CT molecular complexity index is 958. The maximum Gasteiger partial charge on any atom is 0.265 e. The normalized spacial score (nSPS) is 22.6. The quantitative estimate of drug-likeness (QED) is 0.736. The fourth-order valence-corrected chi connectivity index (χ4v) is 5.47. The van der Waals surface area contributed by atoms with Crippen LogP contribution in [-0.2, 0) is 10.3 Å². The van der Waals surface area contributed by atoms with Gasteiger partial charge in [0.15, 0.2) is 10.8 Å². The average molecular weight is 404 g/mol. The van der Waals surface area contributed by atoms with Crippen LogP contribution >= 0.6 is 11.8 Å². The van der Waals surface area contributed by atoms with Crippen molar-refractivity contribution in [1.82, 2.24) is 24.2 Å². The first kappa shape index (κ1) is 19.5. The van der Waals surface area contributed by atoms with Crippen molar-refractivity contribution in [3.63, 3.8) is 0 Å². The molecule has 1 fully saturated rings. The molecule has 4 rings (SSSR count). The van der Waals surface area contributed by atoms with Gasteiger partial charge in [-0.05, 0) is 46.5 Å². The minimum Gasteiger partial charge on any atom is -0.340 e. The molecule has 2 aromatic rings. The number of hydrogen-bond donors (Lipinski definition) is 0. The molecule has 1 saturated heterocycles. The molecule has 2 aliphatic rings. The van der Waals surface area contributed by atoms with Crippen molar-refractivity contribution in [2.75, 3.05) is 12.3 Å². The Morgan fingerprint density at radius 3 is 2.79 bits per heavy atom. The van der Waals surface area contributed by atoms with Gasteiger partial charge in [0.1, 0.15) is 5.39 Å². The second-order valence-electron chi connectivity index (χ2n) is 8.85. The van der Waals surface area contributed by atoms with Gasteiger partial charge in [0.25, 0.3) is 5.56 Å². The molecule has 0 aromatic carbocycles. The molecule has 0 bridgehead atoms. The largest absolute Gasteiger partial charge is 0.340 e. The number of aromatic nitrogens is 4. The number of carbonyl (C=O) groups is 1. The number of likely N-dealkylation sites (tertiary alicyclic amines) is 1. The van der Waals surface area contributed by atoms with Crippen molar-refractivity contribution >= 4 is 28.7 Å². The van der Waals surface area contributed by atoms with Gasteiger partial charge < -0.3 is 4.90 Å². The smallest absolute Gasteiger partial charge is 0.265 e. The molecule has 0 N–H and O–H groups in total. The molecule has 0 radical (unpaired) electrons. The van der Waals surface area contributed by atoms with Crippen LogP contribution in [0.25, 0.3) is 11.0 Å². The minimum atomic E-state index is -0.248. The summed E-state index contributed by atoms with van der Waals surface area (Å²) in [5.41, 5.74) is 0.302. The summed E-state index contributed by atoms with van der Waals surface area (Å²) in [5, 5.41) is 5.64. The van der Waals surface area contributed by atoms with Crippen molar-refractivity contribution in [2.24, 2.45) is 0 Å². The summed E-state index contributed by atoms with van der Waals surface area (Å²) in [7, 11) is 0. The van der Waals surface area contributed by atoms with Gasteiger partial charge in [-0.25, -0.2) is 9.67 Å². The van der Waals surface area contributed by atoms with Gasteiger partial charge in [-0.1, -0.05) is 18.7 Å². The zero-order valence-corrected chi connectivity index (χ0v) is 18.0. The number of amides is 1. The number of hydrogen-bond acceptors (Lipinski definition) is 5. The van der Waals surface area contributed by atoms with E-state index in [9.17, 15) is 9.59 Å². The predicted molar refractivity (Wildman–Crippen MR) is 111 cm³/mol. The van der Waals surface area contributed by atoms with E-state index < -0.39 is 0 Å². The van der Waals surface area contributed by atoms with Crippen LogP contribution in [0.15, 0.2) is 16.1 Å². The molecular weight excluding hydrogens is 374 g/mol. The molecule has 0 spiro atoms. The van der Waals surface area contributed by atoms with Crippen molar-refractivity contribution in [3.05, 3.63) is 16.6 Å². The lowest BCUT2D eigenvalue weighted by atomic mass is 9.99. The van der Waals surface area contributed by atoms with Crippen molar-refractivity contribution < 1.29 is 4.79 Å². The Kier molecular flexibility index (Phi) is 5.02. The summed E-state index contributed by atoms with van der Waals surface area (Å²) < 4.78 is 3.54. The molecule has 4 heterocycles. The van der Waals surface area contributed by atoms with E-state index in [1.807, 2.05) is 30.4 Å². The molecule has 1 amide bonds. The van der Waals surface area contributed by atoms with Gasteiger partial charge in [0.05, 0.1) is 17.8 Å². The summed E-state index contributed by atoms with van der Waals surface area (Å²) in [4.78, 5) is 33.0. The lowest BCUT2D eigenvalue weighted by molar-refractivity contribution is -0.135. The SMILES string of the molecule is CCC1CCCCN1C(=O)CC1CSc2nc3c(cnn3C(C)(C)C)c(=O)n21. The van der Waals surface area contributed by atoms with Crippen LogP contribution in [0.3, 0.4) is 0 Å². The standard InChI is InChI=1S/C20H29N5O2S/c1-5-13-8-6-7-9-23(13)16(26)10-14-12-28-19-22-17-15(18(27)24(14)19)11-21-25(17)20(2,3)4/h11,13-14H,5-10,12H2,1-4H3. The zero-order valence-electron chi connectivity index (χ0n) is 17.1. The van der Waals surface area contributed by atoms with Crippen LogP contribution in [0, 0.1) is 0 Å². The first-order valence-corrected chi connectivity index (χ1v) is 11.2. The number of piperidine rings is 1. The van der Waals surface area contributed by atoms with Gasteiger partial charge in [-0.3, -0.25) is 14.2 Å². The van der Waals surface area contributed by atoms with E-state index in [1.165, 1.54) is 6.42 Å². The first-order valence-electron chi connectivity index (χ1n) is 10.2. The maximum atomic E-state index is 13.2. The highest BCUT2D eigenvalue weighted by molar-refractivity contribution is 7.99. The Balaban J connectivity index is 1.64. The van der Waals surface area contributed by atoms with E-state index >= 15 is 0 Å². The number of carbonyl (C=O) groups excluding carboxylic acids is 1. The fourth-order valence-electron chi connectivity index (χ4n) is 4.34. The Morgan fingerprint density at radius 2 is 2.07 bits per heavy atom. The van der Waals surface area contributed by atoms with Gasteiger partial charge in [0.2, 0.25) is 5.91 Å². The second kappa shape index (κ2) is 7.21. The molecule has 2 atom stereocenters. The Hall–Kier alpha value is -1.83. The number of thioether (sulfide) groups is 1. The van der Waals surface area contributed by atoms with Crippen LogP contribution in [0.4, 0.5) is 0 Å². The van der Waals surface area contributed by atoms with Crippen LogP contribution < -0.4 is 5.56 Å². The van der Waals surface area contributed by atoms with Crippen molar-refractivity contribution in [1.29, 1.82) is 0 Å². The topological polar surface area (TPSA) is 73.0 Å². The van der Waals surface area contributed by atoms with Gasteiger partial charge >= 0.3 is 0 Å². The number of nitrogens with zero attached hydrogens (tertiary/aromatic N) is 5. The van der Waals surface area contributed by atoms with E-state index in [1.54, 1.807) is 22.5 Å². The molecule has 7 nitrogen and oxygen atoms in total. The van der Waals surface area contributed by atoms with Crippen molar-refractivity contribution in [3.8, 4) is 0 Å². The molecule has 2 aromatic heterocycles.